The molecule has 0 N–H and O–H groups in total. The summed E-state index contributed by atoms with van der Waals surface area (Å²) >= 11 is 0. The molecule has 12 aromatic carbocycles. The molecule has 0 radical (unpaired) electrons. The molecule has 1 aromatic heterocycles. The van der Waals surface area contributed by atoms with E-state index in [-0.39, 0.29) is 22.4 Å². The smallest absolute Gasteiger partial charge is 0.274 e. The highest BCUT2D eigenvalue weighted by atomic mass is 16.1. The molecule has 0 atom stereocenters. The molecule has 0 amide bonds. The van der Waals surface area contributed by atoms with Crippen LogP contribution in [0.3, 0.4) is 0 Å². The molecule has 0 bridgehead atoms. The fraction of sp³-hybridized carbons (Fsp3) is 0.146. The van der Waals surface area contributed by atoms with Crippen LogP contribution in [0.4, 0.5) is 45.5 Å². The maximum Gasteiger partial charge on any atom is 0.274 e. The first kappa shape index (κ1) is 57.1. The van der Waals surface area contributed by atoms with E-state index in [0.717, 1.165) is 111 Å². The number of hydrogen-bond donors (Lipinski definition) is 0. The van der Waals surface area contributed by atoms with Crippen LogP contribution in [-0.4, -0.2) is 32.8 Å². The van der Waals surface area contributed by atoms with Gasteiger partial charge in [-0.3, -0.25) is 9.59 Å². The van der Waals surface area contributed by atoms with E-state index in [1.165, 1.54) is 11.1 Å². The number of nitrogens with zero attached hydrogens (tertiary/aromatic N) is 6. The van der Waals surface area contributed by atoms with E-state index in [1.54, 1.807) is 0 Å². The van der Waals surface area contributed by atoms with Gasteiger partial charge in [0.2, 0.25) is 5.69 Å². The van der Waals surface area contributed by atoms with Gasteiger partial charge in [0, 0.05) is 83.7 Å². The number of azo groups is 2. The Balaban J connectivity index is 0.896. The van der Waals surface area contributed by atoms with E-state index < -0.39 is 0 Å². The van der Waals surface area contributed by atoms with Gasteiger partial charge in [0.15, 0.2) is 18.1 Å². The quantitative estimate of drug-likeness (QED) is 0.0467. The van der Waals surface area contributed by atoms with Gasteiger partial charge < -0.3 is 9.80 Å². The molecule has 0 saturated heterocycles. The number of ketones is 2. The van der Waals surface area contributed by atoms with Gasteiger partial charge >= 0.3 is 0 Å². The summed E-state index contributed by atoms with van der Waals surface area (Å²) in [6, 6.07) is 87.1. The van der Waals surface area contributed by atoms with E-state index in [0.29, 0.717) is 34.7 Å². The Hall–Kier alpha value is -10.7. The molecular weight excluding hydrogens is 1100 g/mol. The minimum Gasteiger partial charge on any atom is -0.311 e. The van der Waals surface area contributed by atoms with Gasteiger partial charge in [0.05, 0.1) is 16.6 Å². The highest BCUT2D eigenvalue weighted by Gasteiger charge is 2.40. The van der Waals surface area contributed by atoms with E-state index in [1.807, 2.05) is 97.1 Å². The normalized spacial score (nSPS) is 12.3. The van der Waals surface area contributed by atoms with Crippen molar-refractivity contribution in [2.24, 2.45) is 11.0 Å². The third-order valence-corrected chi connectivity index (χ3v) is 17.4. The second kappa shape index (κ2) is 22.8. The fourth-order valence-corrected chi connectivity index (χ4v) is 12.7. The Labute approximate surface area is 526 Å². The SMILES string of the molecule is CC(C)C[N+]1=Nc2c1c(-c1ccc(N(c3ccccc3)c3ccc(C(=O)c4ccc(C(C)(C)C)cc4)cc3)cc1)c1nc3c4ccccc4c4ccccc4c3nc1c2-c1ccc(N(c2ccccc2)c2ccc(C(=O)c3ccc(C(C)(C)C)cc3)cc2)cc1. The van der Waals surface area contributed by atoms with Crippen LogP contribution in [0.15, 0.2) is 260 Å². The second-order valence-corrected chi connectivity index (χ2v) is 26.1. The van der Waals surface area contributed by atoms with E-state index >= 15 is 0 Å². The van der Waals surface area contributed by atoms with E-state index in [4.69, 9.17) is 15.1 Å². The van der Waals surface area contributed by atoms with Crippen LogP contribution in [0.2, 0.25) is 0 Å². The number of para-hydroxylation sites is 2. The first-order valence-electron chi connectivity index (χ1n) is 31.1. The lowest BCUT2D eigenvalue weighted by Gasteiger charge is -2.26. The number of fused-ring (bicyclic) bond motifs is 8. The van der Waals surface area contributed by atoms with Crippen LogP contribution in [0.1, 0.15) is 98.4 Å². The Kier molecular flexibility index (Phi) is 14.4. The molecule has 90 heavy (non-hydrogen) atoms. The zero-order valence-corrected chi connectivity index (χ0v) is 52.0. The predicted molar refractivity (Wildman–Crippen MR) is 371 cm³/mol. The molecule has 2 heterocycles. The molecule has 8 heteroatoms. The molecule has 13 aromatic rings. The average molecular weight is 1170 g/mol. The molecule has 0 fully saturated rings. The highest BCUT2D eigenvalue weighted by Crippen LogP contribution is 2.56. The molecule has 0 saturated carbocycles. The molecule has 1 aliphatic rings. The molecule has 8 nitrogen and oxygen atoms in total. The van der Waals surface area contributed by atoms with Crippen molar-refractivity contribution in [3.63, 3.8) is 0 Å². The van der Waals surface area contributed by atoms with Gasteiger partial charge in [-0.1, -0.05) is 218 Å². The standard InChI is InChI=1S/C82H69N6O2/c1-52(2)51-86-78-72(54-33-45-64(46-34-54)88(62-21-13-10-14-22-62)66-49-37-58(38-50-66)80(90)56-29-41-60(42-30-56)82(6,7)8)76-75(83-73-69-25-17-15-23-67(69)68-24-16-18-26-70(68)74(73)84-76)71(77(78)85-86)53-31-43-63(44-32-53)87(61-19-11-9-12-20-61)65-47-35-57(36-48-65)79(89)55-27-39-59(40-28-55)81(3,4)5/h9-50,52H,51H2,1-8H3/q+1. The zero-order chi connectivity index (χ0) is 62.0. The summed E-state index contributed by atoms with van der Waals surface area (Å²) in [5.74, 6) is 0.279. The summed E-state index contributed by atoms with van der Waals surface area (Å²) in [4.78, 5) is 43.9. The number of benzene rings is 12. The number of carbonyl (C=O) groups excluding carboxylic acids is 2. The molecule has 0 aliphatic carbocycles. The fourth-order valence-electron chi connectivity index (χ4n) is 12.7. The van der Waals surface area contributed by atoms with Crippen molar-refractivity contribution in [1.82, 2.24) is 9.97 Å². The van der Waals surface area contributed by atoms with Gasteiger partial charge in [0.1, 0.15) is 11.0 Å². The summed E-state index contributed by atoms with van der Waals surface area (Å²) < 4.78 is 2.16. The molecule has 438 valence electrons. The Morgan fingerprint density at radius 3 is 1.04 bits per heavy atom. The summed E-state index contributed by atoms with van der Waals surface area (Å²) in [6.07, 6.45) is 0. The largest absolute Gasteiger partial charge is 0.311 e. The van der Waals surface area contributed by atoms with Gasteiger partial charge in [-0.15, -0.1) is 0 Å². The van der Waals surface area contributed by atoms with Crippen LogP contribution < -0.4 is 9.80 Å². The lowest BCUT2D eigenvalue weighted by atomic mass is 9.86. The van der Waals surface area contributed by atoms with Crippen molar-refractivity contribution in [2.45, 2.75) is 66.2 Å². The van der Waals surface area contributed by atoms with Crippen LogP contribution in [0.5, 0.6) is 0 Å². The lowest BCUT2D eigenvalue weighted by molar-refractivity contribution is -0.530. The number of carbonyl (C=O) groups is 2. The molecule has 0 unspecified atom stereocenters. The van der Waals surface area contributed by atoms with Crippen LogP contribution in [0, 0.1) is 5.92 Å². The lowest BCUT2D eigenvalue weighted by Crippen LogP contribution is -2.18. The number of anilines is 6. The monoisotopic (exact) mass is 1170 g/mol. The van der Waals surface area contributed by atoms with Gasteiger partial charge in [-0.05, 0) is 141 Å². The van der Waals surface area contributed by atoms with Gasteiger partial charge in [-0.25, -0.2) is 9.97 Å². The van der Waals surface area contributed by atoms with Crippen LogP contribution in [0.25, 0.3) is 65.9 Å². The van der Waals surface area contributed by atoms with Crippen molar-refractivity contribution < 1.29 is 14.3 Å². The summed E-state index contributed by atoms with van der Waals surface area (Å²) in [5.41, 5.74) is 19.6. The molecular formula is C82H69N6O2+. The third kappa shape index (κ3) is 10.5. The van der Waals surface area contributed by atoms with Gasteiger partial charge in [-0.2, -0.15) is 0 Å². The molecule has 14 rings (SSSR count). The summed E-state index contributed by atoms with van der Waals surface area (Å²) in [5, 5.41) is 9.73. The van der Waals surface area contributed by atoms with Crippen molar-refractivity contribution in [3.05, 3.63) is 288 Å². The predicted octanol–water partition coefficient (Wildman–Crippen LogP) is 21.8. The topological polar surface area (TPSA) is 81.8 Å². The van der Waals surface area contributed by atoms with Crippen molar-refractivity contribution in [2.75, 3.05) is 16.3 Å². The van der Waals surface area contributed by atoms with Crippen molar-refractivity contribution in [1.29, 1.82) is 0 Å². The maximum absolute atomic E-state index is 13.9. The number of hydrogen-bond acceptors (Lipinski definition) is 7. The Bertz CT molecular complexity index is 4930. The van der Waals surface area contributed by atoms with Gasteiger partial charge in [0.25, 0.3) is 5.69 Å². The first-order valence-corrected chi connectivity index (χ1v) is 31.1. The minimum absolute atomic E-state index is 0.00890. The average Bonchev–Trinajstić information content (AvgIpc) is 0.712. The van der Waals surface area contributed by atoms with E-state index in [2.05, 4.69) is 228 Å². The maximum atomic E-state index is 13.9. The highest BCUT2D eigenvalue weighted by molar-refractivity contribution is 6.25. The summed E-state index contributed by atoms with van der Waals surface area (Å²) in [6.45, 7) is 18.2. The third-order valence-electron chi connectivity index (χ3n) is 17.4. The number of rotatable bonds is 14. The first-order chi connectivity index (χ1) is 43.6. The Morgan fingerprint density at radius 1 is 0.367 bits per heavy atom. The minimum atomic E-state index is -0.0135. The molecule has 0 spiro atoms. The van der Waals surface area contributed by atoms with E-state index in [9.17, 15) is 9.59 Å². The molecule has 1 aliphatic heterocycles. The summed E-state index contributed by atoms with van der Waals surface area (Å²) in [7, 11) is 0. The van der Waals surface area contributed by atoms with Crippen LogP contribution in [-0.2, 0) is 10.8 Å². The van der Waals surface area contributed by atoms with Crippen molar-refractivity contribution in [3.8, 4) is 22.3 Å². The van der Waals surface area contributed by atoms with Crippen LogP contribution >= 0.6 is 0 Å². The Morgan fingerprint density at radius 2 is 0.678 bits per heavy atom. The van der Waals surface area contributed by atoms with Crippen molar-refractivity contribution >= 4 is 101 Å². The zero-order valence-electron chi connectivity index (χ0n) is 52.0. The second-order valence-electron chi connectivity index (χ2n) is 26.1. The number of aromatic nitrogens is 2.